The van der Waals surface area contributed by atoms with Gasteiger partial charge in [0.15, 0.2) is 5.11 Å². The minimum atomic E-state index is -4.20. The van der Waals surface area contributed by atoms with Crippen LogP contribution in [0.25, 0.3) is 0 Å². The maximum absolute atomic E-state index is 10.9. The fraction of sp³-hybridized carbons (Fsp3) is 0. The molecule has 0 aliphatic carbocycles. The van der Waals surface area contributed by atoms with Gasteiger partial charge in [-0.25, -0.2) is 0 Å². The summed E-state index contributed by atoms with van der Waals surface area (Å²) in [6.45, 7) is 0. The zero-order valence-corrected chi connectivity index (χ0v) is 12.8. The summed E-state index contributed by atoms with van der Waals surface area (Å²) in [5, 5.41) is 10.9. The first-order chi connectivity index (χ1) is 10.3. The summed E-state index contributed by atoms with van der Waals surface area (Å²) < 4.78 is 30.7. The minimum absolute atomic E-state index is 0.174. The third-order valence-corrected chi connectivity index (χ3v) is 3.52. The third-order valence-electron chi connectivity index (χ3n) is 2.55. The molecule has 0 aliphatic heterocycles. The van der Waals surface area contributed by atoms with Crippen LogP contribution in [0.3, 0.4) is 0 Å². The van der Waals surface area contributed by atoms with Gasteiger partial charge in [0.05, 0.1) is 16.3 Å². The second kappa shape index (κ2) is 6.60. The molecule has 114 valence electrons. The van der Waals surface area contributed by atoms with Gasteiger partial charge in [0, 0.05) is 5.69 Å². The Kier molecular flexibility index (Phi) is 4.81. The Bertz CT molecular complexity index is 800. The van der Waals surface area contributed by atoms with E-state index < -0.39 is 10.1 Å². The Balaban J connectivity index is 2.10. The summed E-state index contributed by atoms with van der Waals surface area (Å²) in [5.74, 6) is 0. The number of anilines is 1. The lowest BCUT2D eigenvalue weighted by molar-refractivity contribution is 0.483. The van der Waals surface area contributed by atoms with Gasteiger partial charge in [-0.2, -0.15) is 18.6 Å². The van der Waals surface area contributed by atoms with Crippen molar-refractivity contribution in [1.29, 1.82) is 0 Å². The highest BCUT2D eigenvalue weighted by Gasteiger charge is 2.07. The minimum Gasteiger partial charge on any atom is -0.376 e. The molecule has 0 spiro atoms. The molecule has 0 fully saturated rings. The standard InChI is InChI=1S/C13H12N4O3S2/c14-13(21)15-9-1-3-10(4-2-9)16-17-11-5-7-12(8-6-11)22(18,19)20/h1-8H,(H3,14,15,21)(H,18,19,20). The van der Waals surface area contributed by atoms with E-state index in [4.69, 9.17) is 22.5 Å². The van der Waals surface area contributed by atoms with E-state index in [1.54, 1.807) is 24.3 Å². The van der Waals surface area contributed by atoms with Crippen LogP contribution in [0.1, 0.15) is 0 Å². The van der Waals surface area contributed by atoms with Crippen molar-refractivity contribution in [2.75, 3.05) is 5.32 Å². The third kappa shape index (κ3) is 4.58. The molecule has 0 aromatic heterocycles. The van der Waals surface area contributed by atoms with Gasteiger partial charge in [0.25, 0.3) is 10.1 Å². The Morgan fingerprint density at radius 3 is 1.86 bits per heavy atom. The Hall–Kier alpha value is -2.36. The zero-order chi connectivity index (χ0) is 16.2. The van der Waals surface area contributed by atoms with Crippen LogP contribution in [0, 0.1) is 0 Å². The fourth-order valence-corrected chi connectivity index (χ4v) is 2.15. The monoisotopic (exact) mass is 336 g/mol. The second-order valence-corrected chi connectivity index (χ2v) is 6.07. The van der Waals surface area contributed by atoms with Crippen molar-refractivity contribution < 1.29 is 13.0 Å². The molecule has 7 nitrogen and oxygen atoms in total. The Morgan fingerprint density at radius 1 is 1.00 bits per heavy atom. The molecule has 22 heavy (non-hydrogen) atoms. The normalized spacial score (nSPS) is 11.5. The van der Waals surface area contributed by atoms with E-state index in [-0.39, 0.29) is 10.0 Å². The van der Waals surface area contributed by atoms with Crippen LogP contribution in [0.15, 0.2) is 63.7 Å². The van der Waals surface area contributed by atoms with Crippen molar-refractivity contribution in [2.24, 2.45) is 16.0 Å². The van der Waals surface area contributed by atoms with Gasteiger partial charge in [0.1, 0.15) is 0 Å². The van der Waals surface area contributed by atoms with Crippen molar-refractivity contribution in [3.8, 4) is 0 Å². The number of rotatable bonds is 4. The highest BCUT2D eigenvalue weighted by molar-refractivity contribution is 7.85. The smallest absolute Gasteiger partial charge is 0.294 e. The number of azo groups is 1. The summed E-state index contributed by atoms with van der Waals surface area (Å²) >= 11 is 4.73. The highest BCUT2D eigenvalue weighted by atomic mass is 32.2. The summed E-state index contributed by atoms with van der Waals surface area (Å²) in [4.78, 5) is -0.195. The van der Waals surface area contributed by atoms with Crippen molar-refractivity contribution in [2.45, 2.75) is 4.90 Å². The van der Waals surface area contributed by atoms with Crippen molar-refractivity contribution in [1.82, 2.24) is 0 Å². The molecule has 0 saturated carbocycles. The van der Waals surface area contributed by atoms with E-state index in [1.165, 1.54) is 24.3 Å². The predicted octanol–water partition coefficient (Wildman–Crippen LogP) is 3.00. The van der Waals surface area contributed by atoms with Gasteiger partial charge in [-0.15, -0.1) is 0 Å². The van der Waals surface area contributed by atoms with Crippen molar-refractivity contribution in [3.63, 3.8) is 0 Å². The molecule has 2 aromatic rings. The first-order valence-electron chi connectivity index (χ1n) is 6.00. The van der Waals surface area contributed by atoms with Crippen LogP contribution in [-0.2, 0) is 10.1 Å². The van der Waals surface area contributed by atoms with Gasteiger partial charge in [-0.3, -0.25) is 4.55 Å². The molecule has 9 heteroatoms. The average Bonchev–Trinajstić information content (AvgIpc) is 2.45. The van der Waals surface area contributed by atoms with E-state index in [0.717, 1.165) is 5.69 Å². The molecule has 0 unspecified atom stereocenters. The van der Waals surface area contributed by atoms with Crippen LogP contribution in [-0.4, -0.2) is 18.1 Å². The fourth-order valence-electron chi connectivity index (χ4n) is 1.55. The van der Waals surface area contributed by atoms with Gasteiger partial charge >= 0.3 is 0 Å². The van der Waals surface area contributed by atoms with Crippen molar-refractivity contribution >= 4 is 44.5 Å². The summed E-state index contributed by atoms with van der Waals surface area (Å²) in [6, 6.07) is 12.3. The highest BCUT2D eigenvalue weighted by Crippen LogP contribution is 2.21. The van der Waals surface area contributed by atoms with Gasteiger partial charge in [0.2, 0.25) is 0 Å². The first-order valence-corrected chi connectivity index (χ1v) is 7.85. The molecule has 0 bridgehead atoms. The van der Waals surface area contributed by atoms with Gasteiger partial charge < -0.3 is 11.1 Å². The Morgan fingerprint density at radius 2 is 1.45 bits per heavy atom. The lowest BCUT2D eigenvalue weighted by atomic mass is 10.3. The molecule has 0 radical (unpaired) electrons. The number of nitrogens with two attached hydrogens (primary N) is 1. The molecule has 4 N–H and O–H groups in total. The maximum atomic E-state index is 10.9. The second-order valence-electron chi connectivity index (χ2n) is 4.21. The number of benzene rings is 2. The van der Waals surface area contributed by atoms with E-state index in [2.05, 4.69) is 15.5 Å². The van der Waals surface area contributed by atoms with Crippen LogP contribution in [0.4, 0.5) is 17.1 Å². The zero-order valence-electron chi connectivity index (χ0n) is 11.2. The predicted molar refractivity (Wildman–Crippen MR) is 87.3 cm³/mol. The average molecular weight is 336 g/mol. The van der Waals surface area contributed by atoms with Crippen LogP contribution in [0.2, 0.25) is 0 Å². The van der Waals surface area contributed by atoms with E-state index >= 15 is 0 Å². The van der Waals surface area contributed by atoms with Crippen LogP contribution >= 0.6 is 12.2 Å². The summed E-state index contributed by atoms with van der Waals surface area (Å²) in [7, 11) is -4.20. The maximum Gasteiger partial charge on any atom is 0.294 e. The molecule has 0 heterocycles. The molecule has 2 rings (SSSR count). The Labute approximate surface area is 132 Å². The van der Waals surface area contributed by atoms with E-state index in [0.29, 0.717) is 11.4 Å². The number of hydrogen-bond donors (Lipinski definition) is 3. The van der Waals surface area contributed by atoms with Crippen LogP contribution < -0.4 is 11.1 Å². The quantitative estimate of drug-likeness (QED) is 0.449. The van der Waals surface area contributed by atoms with Gasteiger partial charge in [-0.1, -0.05) is 0 Å². The molecule has 2 aromatic carbocycles. The molecular formula is C13H12N4O3S2. The first kappa shape index (κ1) is 16.0. The largest absolute Gasteiger partial charge is 0.376 e. The lowest BCUT2D eigenvalue weighted by Crippen LogP contribution is -2.18. The molecule has 0 atom stereocenters. The number of thiocarbonyl (C=S) groups is 1. The summed E-state index contributed by atoms with van der Waals surface area (Å²) in [6.07, 6.45) is 0. The topological polar surface area (TPSA) is 117 Å². The molecular weight excluding hydrogens is 324 g/mol. The molecule has 0 aliphatic rings. The number of nitrogens with zero attached hydrogens (tertiary/aromatic N) is 2. The van der Waals surface area contributed by atoms with E-state index in [9.17, 15) is 8.42 Å². The summed E-state index contributed by atoms with van der Waals surface area (Å²) in [5.41, 5.74) is 7.16. The SMILES string of the molecule is NC(=S)Nc1ccc(N=Nc2ccc(S(=O)(=O)O)cc2)cc1. The number of nitrogens with one attached hydrogen (secondary N) is 1. The van der Waals surface area contributed by atoms with Crippen molar-refractivity contribution in [3.05, 3.63) is 48.5 Å². The molecule has 0 amide bonds. The van der Waals surface area contributed by atoms with Crippen LogP contribution in [0.5, 0.6) is 0 Å². The molecule has 0 saturated heterocycles. The number of hydrogen-bond acceptors (Lipinski definition) is 5. The lowest BCUT2D eigenvalue weighted by Gasteiger charge is -2.02. The van der Waals surface area contributed by atoms with Gasteiger partial charge in [-0.05, 0) is 60.7 Å². The van der Waals surface area contributed by atoms with E-state index in [1.807, 2.05) is 0 Å².